The quantitative estimate of drug-likeness (QED) is 0.0613. The average molecular weight is 602 g/mol. The number of nitrogens with zero attached hydrogens (tertiary/aromatic N) is 4. The molecule has 2 heterocycles. The molecule has 10 nitrogen and oxygen atoms in total. The lowest BCUT2D eigenvalue weighted by atomic mass is 10.0. The molecule has 2 atom stereocenters. The van der Waals surface area contributed by atoms with E-state index < -0.39 is 8.25 Å². The van der Waals surface area contributed by atoms with Crippen LogP contribution < -0.4 is 11.9 Å². The van der Waals surface area contributed by atoms with Crippen LogP contribution in [0, 0.1) is 0 Å². The summed E-state index contributed by atoms with van der Waals surface area (Å²) in [5, 5.41) is 0. The fourth-order valence-electron chi connectivity index (χ4n) is 4.33. The zero-order valence-corrected chi connectivity index (χ0v) is 26.6. The van der Waals surface area contributed by atoms with Crippen molar-refractivity contribution >= 4 is 37.0 Å². The summed E-state index contributed by atoms with van der Waals surface area (Å²) < 4.78 is 29.8. The Morgan fingerprint density at radius 3 is 2.12 bits per heavy atom. The van der Waals surface area contributed by atoms with Gasteiger partial charge in [0.1, 0.15) is 18.5 Å². The lowest BCUT2D eigenvalue weighted by molar-refractivity contribution is -0.0367. The predicted octanol–water partition coefficient (Wildman–Crippen LogP) is 8.23. The lowest BCUT2D eigenvalue weighted by Gasteiger charge is -2.11. The lowest BCUT2D eigenvalue weighted by Crippen LogP contribution is -2.17. The van der Waals surface area contributed by atoms with E-state index in [1.54, 1.807) is 6.33 Å². The van der Waals surface area contributed by atoms with E-state index in [0.717, 1.165) is 12.8 Å². The second-order valence-corrected chi connectivity index (χ2v) is 12.4. The Labute approximate surface area is 246 Å². The van der Waals surface area contributed by atoms with Crippen LogP contribution in [0.4, 0.5) is 5.82 Å². The highest BCUT2D eigenvalue weighted by atomic mass is 32.2. The molecule has 5 N–H and O–H groups in total. The van der Waals surface area contributed by atoms with Crippen molar-refractivity contribution in [3.63, 3.8) is 0 Å². The van der Waals surface area contributed by atoms with Crippen molar-refractivity contribution < 1.29 is 18.3 Å². The molecule has 0 spiro atoms. The Morgan fingerprint density at radius 1 is 0.875 bits per heavy atom. The molecule has 230 valence electrons. The van der Waals surface area contributed by atoms with Crippen molar-refractivity contribution in [1.29, 1.82) is 0 Å². The van der Waals surface area contributed by atoms with Crippen LogP contribution in [0.5, 0.6) is 0 Å². The van der Waals surface area contributed by atoms with E-state index >= 15 is 0 Å². The normalized spacial score (nSPS) is 12.5. The molecule has 0 bridgehead atoms. The maximum Gasteiger partial charge on any atom is 0.699 e. The number of thioether (sulfide) groups is 1. The molecule has 2 aromatic rings. The van der Waals surface area contributed by atoms with Gasteiger partial charge >= 0.3 is 8.25 Å². The largest absolute Gasteiger partial charge is 0.699 e. The van der Waals surface area contributed by atoms with Crippen LogP contribution in [0.1, 0.15) is 110 Å². The first-order chi connectivity index (χ1) is 19.1. The third-order valence-electron chi connectivity index (χ3n) is 6.67. The van der Waals surface area contributed by atoms with Gasteiger partial charge in [-0.05, 0) is 37.7 Å². The summed E-state index contributed by atoms with van der Waals surface area (Å²) in [6.07, 6.45) is 22.5. The van der Waals surface area contributed by atoms with E-state index in [2.05, 4.69) is 33.6 Å². The number of ether oxygens (including phenoxy) is 1. The fourth-order valence-corrected chi connectivity index (χ4v) is 5.93. The van der Waals surface area contributed by atoms with Crippen molar-refractivity contribution in [2.45, 2.75) is 123 Å². The van der Waals surface area contributed by atoms with Crippen LogP contribution in [-0.4, -0.2) is 50.5 Å². The van der Waals surface area contributed by atoms with Crippen molar-refractivity contribution in [2.24, 2.45) is 0 Å². The molecule has 0 saturated carbocycles. The summed E-state index contributed by atoms with van der Waals surface area (Å²) >= 11 is 2.13. The van der Waals surface area contributed by atoms with E-state index in [9.17, 15) is 4.57 Å². The summed E-state index contributed by atoms with van der Waals surface area (Å²) in [4.78, 5) is 12.4. The predicted molar refractivity (Wildman–Crippen MR) is 167 cm³/mol. The van der Waals surface area contributed by atoms with Gasteiger partial charge in [-0.3, -0.25) is 0 Å². The first kappa shape index (κ1) is 36.7. The Bertz CT molecular complexity index is 907. The van der Waals surface area contributed by atoms with Crippen molar-refractivity contribution in [2.75, 3.05) is 30.6 Å². The number of nitrogens with two attached hydrogens (primary N) is 1. The average Bonchev–Trinajstić information content (AvgIpc) is 3.33. The molecule has 40 heavy (non-hydrogen) atoms. The smallest absolute Gasteiger partial charge is 0.382 e. The van der Waals surface area contributed by atoms with Gasteiger partial charge in [-0.25, -0.2) is 15.0 Å². The molecule has 0 fully saturated rings. The topological polar surface area (TPSA) is 149 Å². The Balaban J connectivity index is 0.00000800. The molecule has 0 aromatic carbocycles. The minimum atomic E-state index is -2.17. The Morgan fingerprint density at radius 2 is 1.48 bits per heavy atom. The van der Waals surface area contributed by atoms with Crippen LogP contribution >= 0.6 is 20.0 Å². The molecule has 1 unspecified atom stereocenters. The van der Waals surface area contributed by atoms with Crippen LogP contribution in [0.2, 0.25) is 0 Å². The number of hydrogen-bond acceptors (Lipinski definition) is 10. The maximum atomic E-state index is 11.9. The minimum Gasteiger partial charge on any atom is -0.382 e. The molecular formula is C28H54N6O4PS+. The molecule has 0 aliphatic heterocycles. The van der Waals surface area contributed by atoms with E-state index in [1.165, 1.54) is 101 Å². The van der Waals surface area contributed by atoms with Crippen LogP contribution in [-0.2, 0) is 24.9 Å². The number of imidazole rings is 1. The summed E-state index contributed by atoms with van der Waals surface area (Å²) in [5.41, 5.74) is 7.03. The zero-order chi connectivity index (χ0) is 28.0. The molecule has 2 rings (SSSR count). The zero-order valence-electron chi connectivity index (χ0n) is 24.9. The summed E-state index contributed by atoms with van der Waals surface area (Å²) in [7, 11) is -2.17. The summed E-state index contributed by atoms with van der Waals surface area (Å²) in [5.74, 6) is 3.05. The number of hydrogen-bond donors (Lipinski definition) is 2. The van der Waals surface area contributed by atoms with Crippen molar-refractivity contribution in [3.8, 4) is 0 Å². The Hall–Kier alpha value is -1.36. The molecule has 0 aliphatic carbocycles. The van der Waals surface area contributed by atoms with Crippen LogP contribution in [0.3, 0.4) is 0 Å². The van der Waals surface area contributed by atoms with Crippen LogP contribution in [0.25, 0.3) is 11.2 Å². The van der Waals surface area contributed by atoms with Gasteiger partial charge in [0.05, 0.1) is 19.0 Å². The van der Waals surface area contributed by atoms with E-state index in [4.69, 9.17) is 19.5 Å². The fraction of sp³-hybridized carbons (Fsp3) is 0.821. The van der Waals surface area contributed by atoms with Gasteiger partial charge in [-0.2, -0.15) is 11.8 Å². The summed E-state index contributed by atoms with van der Waals surface area (Å²) in [6.45, 7) is 5.02. The van der Waals surface area contributed by atoms with Gasteiger partial charge in [0.2, 0.25) is 6.79 Å². The van der Waals surface area contributed by atoms with Crippen molar-refractivity contribution in [1.82, 2.24) is 25.7 Å². The van der Waals surface area contributed by atoms with E-state index in [-0.39, 0.29) is 19.0 Å². The molecule has 2 aromatic heterocycles. The molecule has 0 amide bonds. The molecule has 0 radical (unpaired) electrons. The van der Waals surface area contributed by atoms with Gasteiger partial charge in [-0.1, -0.05) is 88.5 Å². The first-order valence-corrected chi connectivity index (χ1v) is 17.2. The highest BCUT2D eigenvalue weighted by molar-refractivity contribution is 7.99. The standard InChI is InChI=1S/C28H51N5O4PS.H3N/c1-3-4-19-39-20-17-15-13-11-9-7-5-6-8-10-12-14-16-18-36-38(34)37-24-35-25(2)21-33-23-32-26-27(29)30-22-31-28(26)33;/h22-23,25H,3-21,24H2,1-2H3,(H2,29,30,31);1H3/q+1;/t25-;/m1./s1. The Kier molecular flexibility index (Phi) is 22.2. The van der Waals surface area contributed by atoms with E-state index in [0.29, 0.717) is 30.1 Å². The van der Waals surface area contributed by atoms with Crippen molar-refractivity contribution in [3.05, 3.63) is 12.7 Å². The third-order valence-corrected chi connectivity index (χ3v) is 8.53. The molecule has 0 aliphatic rings. The number of nitrogen functional groups attached to an aromatic ring is 1. The van der Waals surface area contributed by atoms with Gasteiger partial charge in [0, 0.05) is 4.57 Å². The number of fused-ring (bicyclic) bond motifs is 1. The number of aromatic nitrogens is 4. The highest BCUT2D eigenvalue weighted by Crippen LogP contribution is 2.24. The second-order valence-electron chi connectivity index (χ2n) is 10.2. The number of anilines is 1. The van der Waals surface area contributed by atoms with Gasteiger partial charge in [-0.15, -0.1) is 4.52 Å². The molecular weight excluding hydrogens is 547 g/mol. The SMILES string of the molecule is CCCCSCCCCCCCCCCCCCCCO[P+](=O)OCO[C@H](C)Cn1cnc2c(N)ncnc21.N. The maximum absolute atomic E-state index is 11.9. The molecule has 0 saturated heterocycles. The van der Waals surface area contributed by atoms with E-state index in [1.807, 2.05) is 11.5 Å². The summed E-state index contributed by atoms with van der Waals surface area (Å²) in [6, 6.07) is 0. The van der Waals surface area contributed by atoms with Gasteiger partial charge in [0.25, 0.3) is 0 Å². The minimum absolute atomic E-state index is 0. The number of rotatable bonds is 26. The van der Waals surface area contributed by atoms with Gasteiger partial charge < -0.3 is 21.2 Å². The molecule has 12 heteroatoms. The van der Waals surface area contributed by atoms with Crippen LogP contribution in [0.15, 0.2) is 12.7 Å². The third kappa shape index (κ3) is 16.8. The monoisotopic (exact) mass is 601 g/mol. The first-order valence-electron chi connectivity index (χ1n) is 15.0. The highest BCUT2D eigenvalue weighted by Gasteiger charge is 2.21. The second kappa shape index (κ2) is 24.3. The van der Waals surface area contributed by atoms with Gasteiger partial charge in [0.15, 0.2) is 11.5 Å². The number of unbranched alkanes of at least 4 members (excludes halogenated alkanes) is 13.